The summed E-state index contributed by atoms with van der Waals surface area (Å²) >= 11 is 0. The van der Waals surface area contributed by atoms with Crippen molar-refractivity contribution in [1.82, 2.24) is 0 Å². The molecule has 0 heterocycles. The topological polar surface area (TPSA) is 54.4 Å². The van der Waals surface area contributed by atoms with Crippen molar-refractivity contribution in [3.8, 4) is 0 Å². The first-order valence-corrected chi connectivity index (χ1v) is 43.9. The summed E-state index contributed by atoms with van der Waals surface area (Å²) in [7, 11) is -3.72. The Balaban J connectivity index is -0.0000000773. The fourth-order valence-corrected chi connectivity index (χ4v) is 9.52. The third-order valence-corrected chi connectivity index (χ3v) is 16.3. The van der Waals surface area contributed by atoms with E-state index in [4.69, 9.17) is 4.55 Å². The molecule has 0 amide bonds. The summed E-state index contributed by atoms with van der Waals surface area (Å²) < 4.78 is 28.2. The van der Waals surface area contributed by atoms with Crippen LogP contribution in [0.3, 0.4) is 0 Å². The van der Waals surface area contributed by atoms with Gasteiger partial charge in [0.2, 0.25) is 0 Å². The summed E-state index contributed by atoms with van der Waals surface area (Å²) in [6.07, 6.45) is 57.5. The molecule has 0 fully saturated rings. The molecule has 0 spiro atoms. The maximum atomic E-state index is 10.00. The van der Waals surface area contributed by atoms with Crippen molar-refractivity contribution >= 4 is 10.1 Å². The van der Waals surface area contributed by atoms with Gasteiger partial charge in [0.15, 0.2) is 0 Å². The van der Waals surface area contributed by atoms with Crippen molar-refractivity contribution in [3.05, 3.63) is 0 Å². The first-order valence-electron chi connectivity index (χ1n) is 42.3. The van der Waals surface area contributed by atoms with Gasteiger partial charge in [-0.25, -0.2) is 0 Å². The molecule has 0 aliphatic carbocycles. The molecule has 4 heteroatoms. The molecule has 0 rings (SSSR count). The number of rotatable bonds is 43. The van der Waals surface area contributed by atoms with E-state index in [1.54, 1.807) is 13.8 Å². The van der Waals surface area contributed by atoms with E-state index in [-0.39, 0.29) is 11.7 Å². The van der Waals surface area contributed by atoms with E-state index in [0.717, 1.165) is 65.1 Å². The van der Waals surface area contributed by atoms with E-state index in [1.807, 2.05) is 0 Å². The Morgan fingerprint density at radius 2 is 0.323 bits per heavy atom. The average Bonchev–Trinajstić information content (AvgIpc) is 3.53. The van der Waals surface area contributed by atoms with Crippen LogP contribution >= 0.6 is 0 Å². The zero-order valence-electron chi connectivity index (χ0n) is 73.3. The molecule has 0 atom stereocenters. The fourth-order valence-electron chi connectivity index (χ4n) is 8.68. The van der Waals surface area contributed by atoms with E-state index in [1.165, 1.54) is 263 Å². The molecule has 0 aromatic heterocycles. The molecule has 1 N–H and O–H groups in total. The van der Waals surface area contributed by atoms with E-state index in [0.29, 0.717) is 0 Å². The minimum Gasteiger partial charge on any atom is -0.286 e. The number of hydrogen-bond acceptors (Lipinski definition) is 2. The van der Waals surface area contributed by atoms with Gasteiger partial charge in [0.25, 0.3) is 10.1 Å². The summed E-state index contributed by atoms with van der Waals surface area (Å²) in [4.78, 5) is 0. The van der Waals surface area contributed by atoms with Gasteiger partial charge in [-0.1, -0.05) is 506 Å². The summed E-state index contributed by atoms with van der Waals surface area (Å²) in [6.45, 7) is 78.2. The Morgan fingerprint density at radius 1 is 0.183 bits per heavy atom. The van der Waals surface area contributed by atoms with Gasteiger partial charge < -0.3 is 0 Å². The maximum Gasteiger partial charge on any atom is 0.265 e. The van der Waals surface area contributed by atoms with E-state index in [2.05, 4.69) is 228 Å². The second-order valence-electron chi connectivity index (χ2n) is 32.8. The first-order chi connectivity index (χ1) is 43.4. The van der Waals surface area contributed by atoms with Gasteiger partial charge in [0.05, 0.1) is 5.75 Å². The van der Waals surface area contributed by atoms with E-state index < -0.39 is 10.1 Å². The molecular formula is C89H202O3S. The van der Waals surface area contributed by atoms with Gasteiger partial charge in [-0.3, -0.25) is 4.55 Å². The van der Waals surface area contributed by atoms with Crippen LogP contribution in [0.2, 0.25) is 0 Å². The lowest BCUT2D eigenvalue weighted by Gasteiger charge is -2.02. The third kappa shape index (κ3) is 229. The van der Waals surface area contributed by atoms with Gasteiger partial charge in [-0.05, 0) is 71.0 Å². The highest BCUT2D eigenvalue weighted by Crippen LogP contribution is 2.14. The largest absolute Gasteiger partial charge is 0.286 e. The molecule has 0 aromatic rings. The predicted octanol–water partition coefficient (Wildman–Crippen LogP) is 34.8. The molecule has 0 bridgehead atoms. The molecule has 0 aromatic carbocycles. The minimum absolute atomic E-state index is 0.00463. The van der Waals surface area contributed by atoms with Crippen LogP contribution in [0.1, 0.15) is 506 Å². The number of unbranched alkanes of at least 4 members (excludes halogenated alkanes) is 20. The third-order valence-electron chi connectivity index (χ3n) is 15.2. The quantitative estimate of drug-likeness (QED) is 0.0489. The van der Waals surface area contributed by atoms with Gasteiger partial charge in [-0.2, -0.15) is 8.42 Å². The molecule has 0 unspecified atom stereocenters. The molecule has 0 radical (unpaired) electrons. The molecule has 3 nitrogen and oxygen atoms in total. The molecule has 0 saturated heterocycles. The Labute approximate surface area is 602 Å². The van der Waals surface area contributed by atoms with Crippen molar-refractivity contribution in [3.63, 3.8) is 0 Å². The van der Waals surface area contributed by atoms with Crippen LogP contribution in [0.25, 0.3) is 0 Å². The number of hydrogen-bond donors (Lipinski definition) is 1. The van der Waals surface area contributed by atoms with Gasteiger partial charge in [0.1, 0.15) is 0 Å². The molecule has 0 aliphatic rings. The second-order valence-corrected chi connectivity index (χ2v) is 34.3. The minimum atomic E-state index is -3.72. The molecule has 0 saturated carbocycles. The van der Waals surface area contributed by atoms with Crippen LogP contribution in [0, 0.1) is 71.0 Å². The molecule has 0 aliphatic heterocycles. The Bertz CT molecular complexity index is 1120. The van der Waals surface area contributed by atoms with Gasteiger partial charge in [-0.15, -0.1) is 0 Å². The van der Waals surface area contributed by atoms with Gasteiger partial charge >= 0.3 is 0 Å². The molecular weight excluding hydrogens is 1150 g/mol. The summed E-state index contributed by atoms with van der Waals surface area (Å²) in [6, 6.07) is 0. The Hall–Kier alpha value is -0.0900. The van der Waals surface area contributed by atoms with Crippen LogP contribution in [0.15, 0.2) is 0 Å². The van der Waals surface area contributed by atoms with Gasteiger partial charge in [0, 0.05) is 0 Å². The Kier molecular flexibility index (Phi) is 139. The Morgan fingerprint density at radius 3 is 0.419 bits per heavy atom. The average molecular weight is 1350 g/mol. The predicted molar refractivity (Wildman–Crippen MR) is 446 cm³/mol. The lowest BCUT2D eigenvalue weighted by atomic mass is 10.0. The normalized spacial score (nSPS) is 10.6. The van der Waals surface area contributed by atoms with E-state index >= 15 is 0 Å². The fraction of sp³-hybridized carbons (Fsp3) is 1.00. The van der Waals surface area contributed by atoms with Crippen LogP contribution < -0.4 is 0 Å². The van der Waals surface area contributed by atoms with Crippen LogP contribution in [0.5, 0.6) is 0 Å². The lowest BCUT2D eigenvalue weighted by Crippen LogP contribution is -2.09. The van der Waals surface area contributed by atoms with Crippen LogP contribution in [0.4, 0.5) is 0 Å². The standard InChI is InChI=1S/2C10H22.2C9H20.2C8H18.2C7H16.2C6H14.C5H12.C4H10O3S/c2*1-4-5-6-7-8-9-10(2)3;2*1-4-5-6-7-8-9(2)3;2*1-4-5-6-7-8(2)3;2*1-4-5-6-7(2)3;2*1-4-5-6(2)3;1-4-5(2)3;1-4(2)3-8(5,6)7/h2*10H,4-9H2,1-3H3;2*9H,4-8H2,1-3H3;2*8H,4-7H2,1-3H3;2*7H,4-6H2,1-3H3;2*6H,4-5H2,1-3H3;5H,4H2,1-3H3;4H,3H2,1-2H3,(H,5,6,7). The second kappa shape index (κ2) is 108. The van der Waals surface area contributed by atoms with Crippen molar-refractivity contribution in [2.75, 3.05) is 5.75 Å². The first kappa shape index (κ1) is 120. The maximum absolute atomic E-state index is 10.00. The SMILES string of the molecule is CC(C)CS(=O)(=O)O.CCC(C)C.CCCC(C)C.CCCC(C)C.CCCCC(C)C.CCCCC(C)C.CCCCCC(C)C.CCCCCC(C)C.CCCCCCC(C)C.CCCCCCC(C)C.CCCCCCCC(C)C.CCCCCCCC(C)C. The lowest BCUT2D eigenvalue weighted by molar-refractivity contribution is 0.473. The zero-order valence-corrected chi connectivity index (χ0v) is 74.1. The van der Waals surface area contributed by atoms with Crippen molar-refractivity contribution in [2.24, 2.45) is 71.0 Å². The highest BCUT2D eigenvalue weighted by Gasteiger charge is 2.06. The highest BCUT2D eigenvalue weighted by atomic mass is 32.2. The highest BCUT2D eigenvalue weighted by molar-refractivity contribution is 7.85. The zero-order chi connectivity index (χ0) is 75.1. The van der Waals surface area contributed by atoms with Crippen LogP contribution in [-0.4, -0.2) is 18.7 Å². The van der Waals surface area contributed by atoms with Crippen molar-refractivity contribution in [2.45, 2.75) is 506 Å². The smallest absolute Gasteiger partial charge is 0.265 e. The molecule has 93 heavy (non-hydrogen) atoms. The molecule has 582 valence electrons. The van der Waals surface area contributed by atoms with Crippen molar-refractivity contribution in [1.29, 1.82) is 0 Å². The summed E-state index contributed by atoms with van der Waals surface area (Å²) in [5.74, 6) is 9.77. The van der Waals surface area contributed by atoms with Crippen LogP contribution in [-0.2, 0) is 10.1 Å². The van der Waals surface area contributed by atoms with Crippen molar-refractivity contribution < 1.29 is 13.0 Å². The summed E-state index contributed by atoms with van der Waals surface area (Å²) in [5, 5.41) is 0. The van der Waals surface area contributed by atoms with E-state index in [9.17, 15) is 8.42 Å². The monoisotopic (exact) mass is 1350 g/mol. The summed E-state index contributed by atoms with van der Waals surface area (Å²) in [5.41, 5.74) is 0.